The summed E-state index contributed by atoms with van der Waals surface area (Å²) in [5.74, 6) is 0.809. The second-order valence-corrected chi connectivity index (χ2v) is 5.33. The topological polar surface area (TPSA) is 33.2 Å². The summed E-state index contributed by atoms with van der Waals surface area (Å²) >= 11 is 1.70. The van der Waals surface area contributed by atoms with Gasteiger partial charge in [-0.05, 0) is 24.6 Å². The summed E-state index contributed by atoms with van der Waals surface area (Å²) < 4.78 is 0. The van der Waals surface area contributed by atoms with Crippen LogP contribution in [0, 0.1) is 0 Å². The summed E-state index contributed by atoms with van der Waals surface area (Å²) in [6, 6.07) is 10.1. The van der Waals surface area contributed by atoms with Gasteiger partial charge in [-0.15, -0.1) is 11.8 Å². The molecule has 3 nitrogen and oxygen atoms in total. The van der Waals surface area contributed by atoms with Crippen LogP contribution in [-0.2, 0) is 4.79 Å². The number of fused-ring (bicyclic) bond motifs is 1. The number of aromatic nitrogens is 1. The maximum Gasteiger partial charge on any atom is 0.233 e. The van der Waals surface area contributed by atoms with Crippen molar-refractivity contribution in [2.24, 2.45) is 0 Å². The van der Waals surface area contributed by atoms with Gasteiger partial charge < -0.3 is 4.90 Å². The number of benzene rings is 1. The molecular weight excluding hydrogens is 244 g/mol. The summed E-state index contributed by atoms with van der Waals surface area (Å²) in [5, 5.41) is 1.28. The highest BCUT2D eigenvalue weighted by atomic mass is 32.2. The molecule has 1 fully saturated rings. The van der Waals surface area contributed by atoms with Crippen molar-refractivity contribution in [2.45, 2.75) is 12.3 Å². The highest BCUT2D eigenvalue weighted by molar-refractivity contribution is 8.00. The molecule has 1 atom stereocenters. The minimum atomic E-state index is 0.135. The lowest BCUT2D eigenvalue weighted by Gasteiger charge is -2.23. The Kier molecular flexibility index (Phi) is 2.96. The van der Waals surface area contributed by atoms with Crippen molar-refractivity contribution in [1.29, 1.82) is 0 Å². The van der Waals surface area contributed by atoms with E-state index in [4.69, 9.17) is 0 Å². The van der Waals surface area contributed by atoms with Crippen molar-refractivity contribution in [1.82, 2.24) is 9.88 Å². The first-order chi connectivity index (χ1) is 8.81. The lowest BCUT2D eigenvalue weighted by Crippen LogP contribution is -2.27. The van der Waals surface area contributed by atoms with Crippen LogP contribution in [0.3, 0.4) is 0 Å². The van der Waals surface area contributed by atoms with Crippen molar-refractivity contribution in [3.05, 3.63) is 42.1 Å². The molecule has 1 aliphatic rings. The molecule has 1 aliphatic heterocycles. The van der Waals surface area contributed by atoms with Crippen LogP contribution in [0.2, 0.25) is 0 Å². The standard InChI is InChI=1S/C14H14N2OS/c1-2-16-13(17)9-18-14(16)11-7-8-15-12-6-4-3-5-10(11)12/h3-8,14H,2,9H2,1H3. The zero-order valence-electron chi connectivity index (χ0n) is 10.2. The molecule has 1 aromatic heterocycles. The van der Waals surface area contributed by atoms with E-state index in [1.54, 1.807) is 11.8 Å². The number of carbonyl (C=O) groups excluding carboxylic acids is 1. The second kappa shape index (κ2) is 4.61. The van der Waals surface area contributed by atoms with Gasteiger partial charge in [-0.3, -0.25) is 9.78 Å². The largest absolute Gasteiger partial charge is 0.326 e. The first-order valence-corrected chi connectivity index (χ1v) is 7.11. The van der Waals surface area contributed by atoms with Gasteiger partial charge in [0.1, 0.15) is 5.37 Å². The van der Waals surface area contributed by atoms with Gasteiger partial charge in [0.2, 0.25) is 5.91 Å². The van der Waals surface area contributed by atoms with Crippen LogP contribution in [0.5, 0.6) is 0 Å². The van der Waals surface area contributed by atoms with Crippen LogP contribution in [0.4, 0.5) is 0 Å². The number of hydrogen-bond acceptors (Lipinski definition) is 3. The molecule has 18 heavy (non-hydrogen) atoms. The minimum Gasteiger partial charge on any atom is -0.326 e. The van der Waals surface area contributed by atoms with Crippen LogP contribution in [0.15, 0.2) is 36.5 Å². The molecule has 1 saturated heterocycles. The maximum atomic E-state index is 11.8. The molecule has 0 radical (unpaired) electrons. The lowest BCUT2D eigenvalue weighted by molar-refractivity contribution is -0.127. The van der Waals surface area contributed by atoms with Crippen molar-refractivity contribution in [3.63, 3.8) is 0 Å². The zero-order valence-corrected chi connectivity index (χ0v) is 11.0. The third-order valence-corrected chi connectivity index (χ3v) is 4.50. The van der Waals surface area contributed by atoms with Crippen molar-refractivity contribution < 1.29 is 4.79 Å². The Labute approximate surface area is 110 Å². The predicted octanol–water partition coefficient (Wildman–Crippen LogP) is 2.83. The average molecular weight is 258 g/mol. The Morgan fingerprint density at radius 1 is 1.39 bits per heavy atom. The Morgan fingerprint density at radius 3 is 3.06 bits per heavy atom. The normalized spacial score (nSPS) is 19.7. The van der Waals surface area contributed by atoms with Gasteiger partial charge in [0.05, 0.1) is 11.3 Å². The van der Waals surface area contributed by atoms with E-state index < -0.39 is 0 Å². The number of nitrogens with zero attached hydrogens (tertiary/aromatic N) is 2. The summed E-state index contributed by atoms with van der Waals surface area (Å²) in [5.41, 5.74) is 2.18. The predicted molar refractivity (Wildman–Crippen MR) is 74.3 cm³/mol. The lowest BCUT2D eigenvalue weighted by atomic mass is 10.1. The van der Waals surface area contributed by atoms with Gasteiger partial charge in [-0.1, -0.05) is 18.2 Å². The maximum absolute atomic E-state index is 11.8. The van der Waals surface area contributed by atoms with Crippen molar-refractivity contribution in [3.8, 4) is 0 Å². The first-order valence-electron chi connectivity index (χ1n) is 6.06. The molecule has 1 amide bonds. The van der Waals surface area contributed by atoms with E-state index in [0.717, 1.165) is 17.4 Å². The van der Waals surface area contributed by atoms with E-state index >= 15 is 0 Å². The van der Waals surface area contributed by atoms with E-state index in [1.165, 1.54) is 5.56 Å². The fourth-order valence-corrected chi connectivity index (χ4v) is 3.68. The molecular formula is C14H14N2OS. The monoisotopic (exact) mass is 258 g/mol. The molecule has 0 saturated carbocycles. The highest BCUT2D eigenvalue weighted by Gasteiger charge is 2.32. The summed E-state index contributed by atoms with van der Waals surface area (Å²) in [6.07, 6.45) is 1.83. The molecule has 0 bridgehead atoms. The van der Waals surface area contributed by atoms with Crippen LogP contribution in [0.1, 0.15) is 17.9 Å². The number of hydrogen-bond donors (Lipinski definition) is 0. The van der Waals surface area contributed by atoms with Crippen LogP contribution < -0.4 is 0 Å². The van der Waals surface area contributed by atoms with E-state index in [1.807, 2.05) is 42.3 Å². The molecule has 0 spiro atoms. The van der Waals surface area contributed by atoms with Gasteiger partial charge >= 0.3 is 0 Å². The number of thioether (sulfide) groups is 1. The van der Waals surface area contributed by atoms with E-state index in [9.17, 15) is 4.79 Å². The first kappa shape index (κ1) is 11.5. The molecule has 1 aromatic carbocycles. The van der Waals surface area contributed by atoms with Crippen LogP contribution >= 0.6 is 11.8 Å². The Balaban J connectivity index is 2.12. The summed E-state index contributed by atoms with van der Waals surface area (Å²) in [4.78, 5) is 18.1. The van der Waals surface area contributed by atoms with Gasteiger partial charge in [0.25, 0.3) is 0 Å². The SMILES string of the molecule is CCN1C(=O)CSC1c1ccnc2ccccc12. The van der Waals surface area contributed by atoms with E-state index in [0.29, 0.717) is 5.75 Å². The second-order valence-electron chi connectivity index (χ2n) is 4.26. The molecule has 1 unspecified atom stereocenters. The number of pyridine rings is 1. The summed E-state index contributed by atoms with van der Waals surface area (Å²) in [7, 11) is 0. The third kappa shape index (κ3) is 1.77. The summed E-state index contributed by atoms with van der Waals surface area (Å²) in [6.45, 7) is 2.79. The van der Waals surface area contributed by atoms with Gasteiger partial charge in [-0.2, -0.15) is 0 Å². The minimum absolute atomic E-state index is 0.135. The van der Waals surface area contributed by atoms with Crippen molar-refractivity contribution >= 4 is 28.6 Å². The molecule has 3 rings (SSSR count). The smallest absolute Gasteiger partial charge is 0.233 e. The quantitative estimate of drug-likeness (QED) is 0.830. The Hall–Kier alpha value is -1.55. The zero-order chi connectivity index (χ0) is 12.5. The number of rotatable bonds is 2. The Morgan fingerprint density at radius 2 is 2.22 bits per heavy atom. The van der Waals surface area contributed by atoms with E-state index in [-0.39, 0.29) is 11.3 Å². The number of para-hydroxylation sites is 1. The van der Waals surface area contributed by atoms with E-state index in [2.05, 4.69) is 11.1 Å². The fourth-order valence-electron chi connectivity index (χ4n) is 2.39. The van der Waals surface area contributed by atoms with Crippen molar-refractivity contribution in [2.75, 3.05) is 12.3 Å². The van der Waals surface area contributed by atoms with Crippen LogP contribution in [-0.4, -0.2) is 28.1 Å². The Bertz CT molecular complexity index is 594. The average Bonchev–Trinajstić information content (AvgIpc) is 2.79. The third-order valence-electron chi connectivity index (χ3n) is 3.26. The van der Waals surface area contributed by atoms with Gasteiger partial charge in [0, 0.05) is 18.1 Å². The highest BCUT2D eigenvalue weighted by Crippen LogP contribution is 2.40. The molecule has 2 aromatic rings. The molecule has 4 heteroatoms. The number of amides is 1. The molecule has 0 N–H and O–H groups in total. The molecule has 2 heterocycles. The van der Waals surface area contributed by atoms with Gasteiger partial charge in [0.15, 0.2) is 0 Å². The molecule has 92 valence electrons. The molecule has 0 aliphatic carbocycles. The van der Waals surface area contributed by atoms with Crippen LogP contribution in [0.25, 0.3) is 10.9 Å². The van der Waals surface area contributed by atoms with Gasteiger partial charge in [-0.25, -0.2) is 0 Å². The fraction of sp³-hybridized carbons (Fsp3) is 0.286. The number of carbonyl (C=O) groups is 1.